The molecule has 3 aromatic rings. The molecule has 0 aromatic heterocycles. The van der Waals surface area contributed by atoms with Gasteiger partial charge in [0.2, 0.25) is 0 Å². The van der Waals surface area contributed by atoms with Gasteiger partial charge in [-0.15, -0.1) is 0 Å². The van der Waals surface area contributed by atoms with Gasteiger partial charge in [-0.2, -0.15) is 5.26 Å². The summed E-state index contributed by atoms with van der Waals surface area (Å²) in [5.74, 6) is -0.138. The molecule has 0 bridgehead atoms. The number of anilines is 2. The third-order valence-electron chi connectivity index (χ3n) is 5.03. The summed E-state index contributed by atoms with van der Waals surface area (Å²) in [6.45, 7) is 3.65. The van der Waals surface area contributed by atoms with Crippen molar-refractivity contribution in [3.8, 4) is 17.6 Å². The number of amides is 2. The van der Waals surface area contributed by atoms with Crippen LogP contribution in [0.1, 0.15) is 16.7 Å². The van der Waals surface area contributed by atoms with Crippen LogP contribution in [0.2, 0.25) is 5.02 Å². The Morgan fingerprint density at radius 3 is 2.58 bits per heavy atom. The highest BCUT2D eigenvalue weighted by molar-refractivity contribution is 14.1. The van der Waals surface area contributed by atoms with E-state index in [2.05, 4.69) is 10.6 Å². The number of benzene rings is 3. The van der Waals surface area contributed by atoms with Crippen LogP contribution >= 0.6 is 34.2 Å². The summed E-state index contributed by atoms with van der Waals surface area (Å²) in [6.07, 6.45) is 1.45. The minimum absolute atomic E-state index is 0.102. The van der Waals surface area contributed by atoms with Gasteiger partial charge in [0.05, 0.1) is 10.7 Å². The maximum atomic E-state index is 12.6. The highest BCUT2D eigenvalue weighted by Gasteiger charge is 2.16. The largest absolute Gasteiger partial charge is 0.493 e. The Balaban J connectivity index is 1.75. The van der Waals surface area contributed by atoms with Crippen molar-refractivity contribution in [1.29, 1.82) is 5.26 Å². The maximum Gasteiger partial charge on any atom is 0.266 e. The van der Waals surface area contributed by atoms with Gasteiger partial charge in [0, 0.05) is 16.4 Å². The van der Waals surface area contributed by atoms with Crippen molar-refractivity contribution in [2.24, 2.45) is 0 Å². The van der Waals surface area contributed by atoms with Crippen LogP contribution < -0.4 is 20.1 Å². The zero-order valence-electron chi connectivity index (χ0n) is 19.8. The Labute approximate surface area is 228 Å². The Morgan fingerprint density at radius 1 is 1.11 bits per heavy atom. The monoisotopic (exact) mass is 615 g/mol. The molecule has 0 aliphatic carbocycles. The predicted octanol–water partition coefficient (Wildman–Crippen LogP) is 6.13. The second-order valence-electron chi connectivity index (χ2n) is 7.82. The van der Waals surface area contributed by atoms with Gasteiger partial charge >= 0.3 is 0 Å². The van der Waals surface area contributed by atoms with E-state index >= 15 is 0 Å². The van der Waals surface area contributed by atoms with Crippen molar-refractivity contribution in [2.45, 2.75) is 13.8 Å². The number of nitrogens with one attached hydrogen (secondary N) is 2. The summed E-state index contributed by atoms with van der Waals surface area (Å²) in [4.78, 5) is 25.1. The highest BCUT2D eigenvalue weighted by atomic mass is 127. The van der Waals surface area contributed by atoms with Crippen molar-refractivity contribution < 1.29 is 19.1 Å². The van der Waals surface area contributed by atoms with Gasteiger partial charge in [-0.05, 0) is 95.6 Å². The van der Waals surface area contributed by atoms with Crippen LogP contribution in [0.4, 0.5) is 11.4 Å². The molecule has 0 aliphatic rings. The lowest BCUT2D eigenvalue weighted by Gasteiger charge is -2.14. The van der Waals surface area contributed by atoms with Crippen LogP contribution in [-0.2, 0) is 9.59 Å². The topological polar surface area (TPSA) is 100 Å². The molecule has 36 heavy (non-hydrogen) atoms. The van der Waals surface area contributed by atoms with E-state index in [4.69, 9.17) is 21.1 Å². The van der Waals surface area contributed by atoms with Crippen molar-refractivity contribution in [2.75, 3.05) is 24.4 Å². The Kier molecular flexibility index (Phi) is 9.33. The lowest BCUT2D eigenvalue weighted by atomic mass is 10.1. The second kappa shape index (κ2) is 12.4. The first-order valence-corrected chi connectivity index (χ1v) is 12.2. The Hall–Kier alpha value is -3.55. The lowest BCUT2D eigenvalue weighted by molar-refractivity contribution is -0.118. The minimum Gasteiger partial charge on any atom is -0.493 e. The number of rotatable bonds is 8. The molecule has 0 saturated carbocycles. The molecule has 0 fully saturated rings. The molecule has 2 N–H and O–H groups in total. The predicted molar refractivity (Wildman–Crippen MR) is 149 cm³/mol. The molecular formula is C27H23ClIN3O4. The van der Waals surface area contributed by atoms with E-state index in [-0.39, 0.29) is 18.1 Å². The molecule has 0 heterocycles. The number of hydrogen-bond acceptors (Lipinski definition) is 5. The van der Waals surface area contributed by atoms with E-state index in [1.165, 1.54) is 13.2 Å². The van der Waals surface area contributed by atoms with E-state index in [0.717, 1.165) is 16.8 Å². The van der Waals surface area contributed by atoms with E-state index < -0.39 is 5.91 Å². The summed E-state index contributed by atoms with van der Waals surface area (Å²) >= 11 is 8.00. The lowest BCUT2D eigenvalue weighted by Crippen LogP contribution is -2.21. The molecule has 3 aromatic carbocycles. The van der Waals surface area contributed by atoms with Crippen molar-refractivity contribution in [3.63, 3.8) is 0 Å². The first-order valence-electron chi connectivity index (χ1n) is 10.8. The smallest absolute Gasteiger partial charge is 0.266 e. The van der Waals surface area contributed by atoms with Gasteiger partial charge in [-0.25, -0.2) is 0 Å². The summed E-state index contributed by atoms with van der Waals surface area (Å²) in [6, 6.07) is 17.7. The van der Waals surface area contributed by atoms with Crippen LogP contribution in [0.5, 0.6) is 11.5 Å². The number of halogens is 2. The standard InChI is InChI=1S/C27H23ClIN3O4/c1-16-7-8-17(2)23(9-16)32-25(33)15-36-26-22(29)11-18(12-24(26)35-3)10-19(14-30)27(34)31-21-6-4-5-20(28)13-21/h4-13H,15H2,1-3H3,(H,31,34)(H,32,33)/b19-10-. The van der Waals surface area contributed by atoms with Gasteiger partial charge in [-0.1, -0.05) is 29.8 Å². The molecular weight excluding hydrogens is 593 g/mol. The van der Waals surface area contributed by atoms with E-state index in [1.54, 1.807) is 36.4 Å². The van der Waals surface area contributed by atoms with Crippen LogP contribution in [0.15, 0.2) is 60.2 Å². The number of carbonyl (C=O) groups is 2. The SMILES string of the molecule is COc1cc(/C=C(/C#N)C(=O)Nc2cccc(Cl)c2)cc(I)c1OCC(=O)Nc1cc(C)ccc1C. The van der Waals surface area contributed by atoms with Gasteiger partial charge in [0.15, 0.2) is 18.1 Å². The average molecular weight is 616 g/mol. The maximum absolute atomic E-state index is 12.6. The van der Waals surface area contributed by atoms with Crippen LogP contribution in [0.3, 0.4) is 0 Å². The van der Waals surface area contributed by atoms with Crippen LogP contribution in [0.25, 0.3) is 6.08 Å². The molecule has 3 rings (SSSR count). The minimum atomic E-state index is -0.572. The first kappa shape index (κ1) is 27.0. The summed E-state index contributed by atoms with van der Waals surface area (Å²) in [7, 11) is 1.47. The highest BCUT2D eigenvalue weighted by Crippen LogP contribution is 2.34. The van der Waals surface area contributed by atoms with E-state index in [1.807, 2.05) is 60.7 Å². The number of methoxy groups -OCH3 is 1. The van der Waals surface area contributed by atoms with Crippen molar-refractivity contribution >= 4 is 63.5 Å². The molecule has 0 unspecified atom stereocenters. The summed E-state index contributed by atoms with van der Waals surface area (Å²) < 4.78 is 11.9. The van der Waals surface area contributed by atoms with Gasteiger partial charge in [-0.3, -0.25) is 9.59 Å². The molecule has 0 aliphatic heterocycles. The quantitative estimate of drug-likeness (QED) is 0.180. The third-order valence-corrected chi connectivity index (χ3v) is 6.06. The van der Waals surface area contributed by atoms with E-state index in [0.29, 0.717) is 31.3 Å². The van der Waals surface area contributed by atoms with Gasteiger partial charge in [0.1, 0.15) is 11.6 Å². The van der Waals surface area contributed by atoms with Gasteiger partial charge < -0.3 is 20.1 Å². The van der Waals surface area contributed by atoms with Crippen molar-refractivity contribution in [3.05, 3.63) is 85.5 Å². The number of aryl methyl sites for hydroxylation is 2. The molecule has 2 amide bonds. The van der Waals surface area contributed by atoms with E-state index in [9.17, 15) is 14.9 Å². The van der Waals surface area contributed by atoms with Crippen LogP contribution in [-0.4, -0.2) is 25.5 Å². The second-order valence-corrected chi connectivity index (χ2v) is 9.42. The zero-order valence-corrected chi connectivity index (χ0v) is 22.7. The summed E-state index contributed by atoms with van der Waals surface area (Å²) in [5.41, 5.74) is 3.64. The fraction of sp³-hybridized carbons (Fsp3) is 0.148. The number of hydrogen-bond donors (Lipinski definition) is 2. The number of nitriles is 1. The Morgan fingerprint density at radius 2 is 1.89 bits per heavy atom. The molecule has 9 heteroatoms. The molecule has 0 radical (unpaired) electrons. The fourth-order valence-electron chi connectivity index (χ4n) is 3.24. The number of ether oxygens (including phenoxy) is 2. The molecule has 0 saturated heterocycles. The normalized spacial score (nSPS) is 10.8. The average Bonchev–Trinajstić information content (AvgIpc) is 2.83. The van der Waals surface area contributed by atoms with Crippen molar-refractivity contribution in [1.82, 2.24) is 0 Å². The number of carbonyl (C=O) groups excluding carboxylic acids is 2. The first-order chi connectivity index (χ1) is 17.2. The molecule has 184 valence electrons. The van der Waals surface area contributed by atoms with Crippen LogP contribution in [0, 0.1) is 28.7 Å². The zero-order chi connectivity index (χ0) is 26.2. The van der Waals surface area contributed by atoms with Gasteiger partial charge in [0.25, 0.3) is 11.8 Å². The molecule has 7 nitrogen and oxygen atoms in total. The Bertz CT molecular complexity index is 1380. The number of nitrogens with zero attached hydrogens (tertiary/aromatic N) is 1. The fourth-order valence-corrected chi connectivity index (χ4v) is 4.21. The molecule has 0 atom stereocenters. The molecule has 0 spiro atoms. The third kappa shape index (κ3) is 7.23. The summed E-state index contributed by atoms with van der Waals surface area (Å²) in [5, 5.41) is 15.5.